The van der Waals surface area contributed by atoms with Crippen LogP contribution in [0.25, 0.3) is 0 Å². The Labute approximate surface area is 179 Å². The van der Waals surface area contributed by atoms with Gasteiger partial charge in [0.1, 0.15) is 6.04 Å². The molecule has 3 atom stereocenters. The molecule has 0 aromatic carbocycles. The number of carbonyl (C=O) groups is 2. The molecule has 0 saturated carbocycles. The third kappa shape index (κ3) is 4.66. The lowest BCUT2D eigenvalue weighted by molar-refractivity contribution is -0.133. The molecule has 4 rings (SSSR count). The molecule has 2 amide bonds. The highest BCUT2D eigenvalue weighted by molar-refractivity contribution is 5.83. The van der Waals surface area contributed by atoms with Crippen LogP contribution in [0.2, 0.25) is 0 Å². The van der Waals surface area contributed by atoms with Gasteiger partial charge in [-0.2, -0.15) is 0 Å². The highest BCUT2D eigenvalue weighted by Crippen LogP contribution is 2.28. The fourth-order valence-electron chi connectivity index (χ4n) is 5.03. The number of amides is 2. The number of carbonyl (C=O) groups excluding carboxylic acids is 2. The maximum absolute atomic E-state index is 12.9. The van der Waals surface area contributed by atoms with Crippen LogP contribution in [0.1, 0.15) is 25.0 Å². The molecule has 3 saturated heterocycles. The maximum Gasteiger partial charge on any atom is 0.239 e. The monoisotopic (exact) mass is 414 g/mol. The molecular weight excluding hydrogens is 380 g/mol. The number of hydrogen-bond acceptors (Lipinski definition) is 6. The Morgan fingerprint density at radius 1 is 1.17 bits per heavy atom. The van der Waals surface area contributed by atoms with Crippen LogP contribution in [0, 0.1) is 0 Å². The van der Waals surface area contributed by atoms with Gasteiger partial charge >= 0.3 is 0 Å². The minimum atomic E-state index is -0.157. The van der Waals surface area contributed by atoms with Gasteiger partial charge in [0.05, 0.1) is 5.69 Å². The van der Waals surface area contributed by atoms with E-state index in [1.54, 1.807) is 6.20 Å². The van der Waals surface area contributed by atoms with E-state index in [-0.39, 0.29) is 29.9 Å². The molecule has 0 radical (unpaired) electrons. The molecule has 0 aliphatic carbocycles. The summed E-state index contributed by atoms with van der Waals surface area (Å²) in [6, 6.07) is 6.13. The minimum Gasteiger partial charge on any atom is -0.353 e. The summed E-state index contributed by atoms with van der Waals surface area (Å²) in [6.45, 7) is 5.71. The van der Waals surface area contributed by atoms with E-state index in [2.05, 4.69) is 39.1 Å². The Bertz CT molecular complexity index is 736. The molecule has 0 bridgehead atoms. The third-order valence-electron chi connectivity index (χ3n) is 6.99. The number of piperazine rings is 1. The number of hydrogen-bond donors (Lipinski definition) is 1. The quantitative estimate of drug-likeness (QED) is 0.732. The zero-order valence-electron chi connectivity index (χ0n) is 18.2. The molecule has 3 aliphatic heterocycles. The lowest BCUT2D eigenvalue weighted by Gasteiger charge is -2.34. The molecule has 164 valence electrons. The van der Waals surface area contributed by atoms with Crippen LogP contribution >= 0.6 is 0 Å². The lowest BCUT2D eigenvalue weighted by Crippen LogP contribution is -2.50. The Morgan fingerprint density at radius 3 is 2.70 bits per heavy atom. The van der Waals surface area contributed by atoms with Gasteiger partial charge in [-0.25, -0.2) is 0 Å². The van der Waals surface area contributed by atoms with Crippen molar-refractivity contribution in [3.8, 4) is 0 Å². The molecule has 8 heteroatoms. The smallest absolute Gasteiger partial charge is 0.239 e. The Morgan fingerprint density at radius 2 is 1.97 bits per heavy atom. The average molecular weight is 415 g/mol. The standard InChI is InChI=1S/C22H34N6O2/c1-25-11-13-27(14-12-25)20(29)7-6-18-15-24-22(30)21-19(26(18)2)8-10-28(21)16-17-5-3-4-9-23-17/h3-5,9,18-19,21H,6-8,10-16H2,1-2H3,(H,24,30)/t18-,19-,21-/m1/s1. The topological polar surface area (TPSA) is 72.0 Å². The van der Waals surface area contributed by atoms with Gasteiger partial charge in [0.15, 0.2) is 0 Å². The highest BCUT2D eigenvalue weighted by atomic mass is 16.2. The van der Waals surface area contributed by atoms with Crippen LogP contribution in [0.3, 0.4) is 0 Å². The molecular formula is C22H34N6O2. The third-order valence-corrected chi connectivity index (χ3v) is 6.99. The van der Waals surface area contributed by atoms with Crippen molar-refractivity contribution in [1.82, 2.24) is 29.9 Å². The lowest BCUT2D eigenvalue weighted by atomic mass is 10.0. The average Bonchev–Trinajstić information content (AvgIpc) is 3.12. The number of nitrogens with zero attached hydrogens (tertiary/aromatic N) is 5. The first-order valence-corrected chi connectivity index (χ1v) is 11.1. The van der Waals surface area contributed by atoms with Crippen molar-refractivity contribution in [1.29, 1.82) is 0 Å². The molecule has 1 N–H and O–H groups in total. The number of pyridine rings is 1. The van der Waals surface area contributed by atoms with Gasteiger partial charge in [0, 0.05) is 70.5 Å². The second-order valence-electron chi connectivity index (χ2n) is 8.88. The zero-order valence-corrected chi connectivity index (χ0v) is 18.2. The van der Waals surface area contributed by atoms with Crippen LogP contribution in [0.5, 0.6) is 0 Å². The molecule has 30 heavy (non-hydrogen) atoms. The molecule has 0 unspecified atom stereocenters. The van der Waals surface area contributed by atoms with Gasteiger partial charge in [-0.1, -0.05) is 6.07 Å². The molecule has 8 nitrogen and oxygen atoms in total. The number of fused-ring (bicyclic) bond motifs is 1. The van der Waals surface area contributed by atoms with E-state index in [1.165, 1.54) is 0 Å². The van der Waals surface area contributed by atoms with E-state index in [4.69, 9.17) is 0 Å². The maximum atomic E-state index is 12.9. The van der Waals surface area contributed by atoms with Crippen molar-refractivity contribution in [3.63, 3.8) is 0 Å². The molecule has 1 aromatic heterocycles. The fraction of sp³-hybridized carbons (Fsp3) is 0.682. The molecule has 3 fully saturated rings. The van der Waals surface area contributed by atoms with Crippen LogP contribution in [0.15, 0.2) is 24.4 Å². The number of likely N-dealkylation sites (N-methyl/N-ethyl adjacent to an activating group) is 2. The second kappa shape index (κ2) is 9.41. The van der Waals surface area contributed by atoms with E-state index in [0.717, 1.165) is 51.3 Å². The van der Waals surface area contributed by atoms with Gasteiger partial charge in [-0.3, -0.25) is 24.4 Å². The van der Waals surface area contributed by atoms with Gasteiger partial charge in [0.25, 0.3) is 0 Å². The summed E-state index contributed by atoms with van der Waals surface area (Å²) in [6.07, 6.45) is 4.09. The van der Waals surface area contributed by atoms with Crippen LogP contribution in [-0.2, 0) is 16.1 Å². The summed E-state index contributed by atoms with van der Waals surface area (Å²) in [7, 11) is 4.22. The number of likely N-dealkylation sites (tertiary alicyclic amines) is 1. The van der Waals surface area contributed by atoms with Crippen molar-refractivity contribution in [2.45, 2.75) is 43.9 Å². The van der Waals surface area contributed by atoms with E-state index >= 15 is 0 Å². The summed E-state index contributed by atoms with van der Waals surface area (Å²) in [5.74, 6) is 0.347. The first kappa shape index (κ1) is 21.2. The van der Waals surface area contributed by atoms with Crippen molar-refractivity contribution in [2.75, 3.05) is 53.4 Å². The fourth-order valence-corrected chi connectivity index (χ4v) is 5.03. The van der Waals surface area contributed by atoms with Gasteiger partial charge in [0.2, 0.25) is 11.8 Å². The Balaban J connectivity index is 1.35. The second-order valence-corrected chi connectivity index (χ2v) is 8.88. The van der Waals surface area contributed by atoms with Crippen molar-refractivity contribution in [3.05, 3.63) is 30.1 Å². The minimum absolute atomic E-state index is 0.105. The van der Waals surface area contributed by atoms with Gasteiger partial charge < -0.3 is 15.1 Å². The summed E-state index contributed by atoms with van der Waals surface area (Å²) in [4.78, 5) is 38.9. The molecule has 0 spiro atoms. The number of nitrogens with one attached hydrogen (secondary N) is 1. The SMILES string of the molecule is CN1CCN(C(=O)CC[C@@H]2CNC(=O)[C@H]3[C@@H](CCN3Cc3ccccn3)N2C)CC1. The normalized spacial score (nSPS) is 28.8. The van der Waals surface area contributed by atoms with Gasteiger partial charge in [-0.15, -0.1) is 0 Å². The van der Waals surface area contributed by atoms with Crippen molar-refractivity contribution >= 4 is 11.8 Å². The summed E-state index contributed by atoms with van der Waals surface area (Å²) < 4.78 is 0. The van der Waals surface area contributed by atoms with Gasteiger partial charge in [-0.05, 0) is 39.1 Å². The largest absolute Gasteiger partial charge is 0.353 e. The predicted octanol–water partition coefficient (Wildman–Crippen LogP) is 0.00890. The molecule has 3 aliphatic rings. The molecule has 4 heterocycles. The van der Waals surface area contributed by atoms with Crippen LogP contribution in [-0.4, -0.2) is 108 Å². The highest BCUT2D eigenvalue weighted by Gasteiger charge is 2.45. The molecule has 1 aromatic rings. The van der Waals surface area contributed by atoms with Crippen LogP contribution in [0.4, 0.5) is 0 Å². The summed E-state index contributed by atoms with van der Waals surface area (Å²) >= 11 is 0. The van der Waals surface area contributed by atoms with E-state index in [0.29, 0.717) is 19.5 Å². The first-order valence-electron chi connectivity index (χ1n) is 11.1. The zero-order chi connectivity index (χ0) is 21.1. The number of aromatic nitrogens is 1. The summed E-state index contributed by atoms with van der Waals surface area (Å²) in [5, 5.41) is 3.15. The van der Waals surface area contributed by atoms with E-state index < -0.39 is 0 Å². The summed E-state index contributed by atoms with van der Waals surface area (Å²) in [5.41, 5.74) is 0.993. The predicted molar refractivity (Wildman–Crippen MR) is 115 cm³/mol. The van der Waals surface area contributed by atoms with Crippen molar-refractivity contribution in [2.24, 2.45) is 0 Å². The van der Waals surface area contributed by atoms with Crippen LogP contribution < -0.4 is 5.32 Å². The Kier molecular flexibility index (Phi) is 6.65. The van der Waals surface area contributed by atoms with Crippen molar-refractivity contribution < 1.29 is 9.59 Å². The Hall–Kier alpha value is -2.03. The number of rotatable bonds is 5. The first-order chi connectivity index (χ1) is 14.5. The van der Waals surface area contributed by atoms with E-state index in [1.807, 2.05) is 23.1 Å². The van der Waals surface area contributed by atoms with E-state index in [9.17, 15) is 9.59 Å².